The number of carbonyl (C=O) groups is 2. The van der Waals surface area contributed by atoms with Crippen molar-refractivity contribution in [2.75, 3.05) is 5.32 Å². The van der Waals surface area contributed by atoms with Crippen molar-refractivity contribution >= 4 is 40.8 Å². The van der Waals surface area contributed by atoms with Gasteiger partial charge in [0.05, 0.1) is 5.56 Å². The van der Waals surface area contributed by atoms with Crippen LogP contribution in [0.4, 0.5) is 5.69 Å². The summed E-state index contributed by atoms with van der Waals surface area (Å²) in [5.41, 5.74) is 0.741. The number of hydrogen-bond donors (Lipinski definition) is 1. The smallest absolute Gasteiger partial charge is 0.308 e. The molecule has 2 aromatic rings. The van der Waals surface area contributed by atoms with E-state index in [4.69, 9.17) is 27.9 Å². The zero-order valence-corrected chi connectivity index (χ0v) is 12.5. The number of carbonyl (C=O) groups excluding carboxylic acids is 2. The van der Waals surface area contributed by atoms with Crippen LogP contribution < -0.4 is 10.1 Å². The standard InChI is InChI=1S/C15H11Cl2NO3/c1-9(19)21-14-8-11(17)5-6-13(14)15(20)18-12-4-2-3-10(16)7-12/h2-8H,1H3,(H,18,20). The van der Waals surface area contributed by atoms with Gasteiger partial charge in [-0.05, 0) is 30.3 Å². The summed E-state index contributed by atoms with van der Waals surface area (Å²) in [6, 6.07) is 11.2. The average Bonchev–Trinajstić information content (AvgIpc) is 2.37. The molecule has 2 rings (SSSR count). The van der Waals surface area contributed by atoms with Crippen LogP contribution in [-0.2, 0) is 4.79 Å². The van der Waals surface area contributed by atoms with Gasteiger partial charge in [0.15, 0.2) is 0 Å². The molecule has 0 aromatic heterocycles. The van der Waals surface area contributed by atoms with Crippen molar-refractivity contribution in [2.24, 2.45) is 0 Å². The van der Waals surface area contributed by atoms with Gasteiger partial charge in [-0.3, -0.25) is 9.59 Å². The number of amides is 1. The third-order valence-corrected chi connectivity index (χ3v) is 2.99. The maximum absolute atomic E-state index is 12.3. The minimum Gasteiger partial charge on any atom is -0.426 e. The molecule has 21 heavy (non-hydrogen) atoms. The minimum atomic E-state index is -0.533. The van der Waals surface area contributed by atoms with E-state index < -0.39 is 11.9 Å². The number of rotatable bonds is 3. The molecule has 0 aliphatic heterocycles. The molecule has 2 aromatic carbocycles. The third kappa shape index (κ3) is 4.21. The molecule has 0 saturated heterocycles. The number of esters is 1. The van der Waals surface area contributed by atoms with Crippen LogP contribution in [0.25, 0.3) is 0 Å². The summed E-state index contributed by atoms with van der Waals surface area (Å²) >= 11 is 11.7. The predicted octanol–water partition coefficient (Wildman–Crippen LogP) is 4.17. The highest BCUT2D eigenvalue weighted by Crippen LogP contribution is 2.25. The van der Waals surface area contributed by atoms with Gasteiger partial charge >= 0.3 is 5.97 Å². The van der Waals surface area contributed by atoms with Crippen molar-refractivity contribution in [1.82, 2.24) is 0 Å². The van der Waals surface area contributed by atoms with Crippen LogP contribution in [0.2, 0.25) is 10.0 Å². The van der Waals surface area contributed by atoms with Crippen LogP contribution in [0, 0.1) is 0 Å². The highest BCUT2D eigenvalue weighted by Gasteiger charge is 2.15. The van der Waals surface area contributed by atoms with Crippen LogP contribution in [0.15, 0.2) is 42.5 Å². The summed E-state index contributed by atoms with van der Waals surface area (Å²) in [6.07, 6.45) is 0. The Labute approximate surface area is 131 Å². The molecule has 0 radical (unpaired) electrons. The van der Waals surface area contributed by atoms with E-state index in [0.29, 0.717) is 15.7 Å². The van der Waals surface area contributed by atoms with E-state index >= 15 is 0 Å². The minimum absolute atomic E-state index is 0.106. The molecule has 0 fully saturated rings. The van der Waals surface area contributed by atoms with Crippen molar-refractivity contribution in [2.45, 2.75) is 6.92 Å². The van der Waals surface area contributed by atoms with Crippen molar-refractivity contribution in [3.8, 4) is 5.75 Å². The maximum atomic E-state index is 12.3. The van der Waals surface area contributed by atoms with Gasteiger partial charge < -0.3 is 10.1 Å². The topological polar surface area (TPSA) is 55.4 Å². The van der Waals surface area contributed by atoms with Crippen molar-refractivity contribution in [1.29, 1.82) is 0 Å². The largest absolute Gasteiger partial charge is 0.426 e. The van der Waals surface area contributed by atoms with E-state index in [-0.39, 0.29) is 11.3 Å². The number of nitrogens with one attached hydrogen (secondary N) is 1. The van der Waals surface area contributed by atoms with E-state index in [9.17, 15) is 9.59 Å². The summed E-state index contributed by atoms with van der Waals surface area (Å²) in [5.74, 6) is -0.853. The Balaban J connectivity index is 2.28. The van der Waals surface area contributed by atoms with Gasteiger partial charge in [0, 0.05) is 28.7 Å². The number of ether oxygens (including phenoxy) is 1. The average molecular weight is 324 g/mol. The quantitative estimate of drug-likeness (QED) is 0.681. The molecular weight excluding hydrogens is 313 g/mol. The molecule has 0 unspecified atom stereocenters. The second-order valence-corrected chi connectivity index (χ2v) is 5.07. The first-order valence-electron chi connectivity index (χ1n) is 6.00. The lowest BCUT2D eigenvalue weighted by Gasteiger charge is -2.10. The molecule has 108 valence electrons. The Morgan fingerprint density at radius 3 is 2.43 bits per heavy atom. The van der Waals surface area contributed by atoms with Crippen LogP contribution in [-0.4, -0.2) is 11.9 Å². The summed E-state index contributed by atoms with van der Waals surface area (Å²) in [4.78, 5) is 23.3. The fourth-order valence-electron chi connectivity index (χ4n) is 1.69. The zero-order chi connectivity index (χ0) is 15.4. The second-order valence-electron chi connectivity index (χ2n) is 4.20. The lowest BCUT2D eigenvalue weighted by molar-refractivity contribution is -0.131. The number of benzene rings is 2. The van der Waals surface area contributed by atoms with E-state index in [1.54, 1.807) is 30.3 Å². The van der Waals surface area contributed by atoms with Crippen molar-refractivity contribution < 1.29 is 14.3 Å². The fourth-order valence-corrected chi connectivity index (χ4v) is 2.04. The van der Waals surface area contributed by atoms with Gasteiger partial charge in [0.25, 0.3) is 5.91 Å². The van der Waals surface area contributed by atoms with Crippen LogP contribution in [0.5, 0.6) is 5.75 Å². The molecule has 0 aliphatic rings. The molecule has 0 spiro atoms. The van der Waals surface area contributed by atoms with Gasteiger partial charge in [-0.25, -0.2) is 0 Å². The molecule has 0 bridgehead atoms. The first-order valence-corrected chi connectivity index (χ1v) is 6.76. The molecule has 0 atom stereocenters. The predicted molar refractivity (Wildman–Crippen MR) is 82.2 cm³/mol. The molecule has 0 heterocycles. The summed E-state index contributed by atoms with van der Waals surface area (Å²) in [7, 11) is 0. The molecule has 1 amide bonds. The first-order chi connectivity index (χ1) is 9.95. The summed E-state index contributed by atoms with van der Waals surface area (Å²) in [6.45, 7) is 1.25. The monoisotopic (exact) mass is 323 g/mol. The Hall–Kier alpha value is -2.04. The molecule has 6 heteroatoms. The molecule has 0 saturated carbocycles. The van der Waals surface area contributed by atoms with Gasteiger partial charge in [0.2, 0.25) is 0 Å². The zero-order valence-electron chi connectivity index (χ0n) is 11.0. The van der Waals surface area contributed by atoms with Crippen molar-refractivity contribution in [3.63, 3.8) is 0 Å². The van der Waals surface area contributed by atoms with Crippen LogP contribution in [0.1, 0.15) is 17.3 Å². The Morgan fingerprint density at radius 1 is 1.05 bits per heavy atom. The van der Waals surface area contributed by atoms with E-state index in [1.165, 1.54) is 19.1 Å². The number of anilines is 1. The number of hydrogen-bond acceptors (Lipinski definition) is 3. The van der Waals surface area contributed by atoms with Crippen LogP contribution >= 0.6 is 23.2 Å². The third-order valence-electron chi connectivity index (χ3n) is 2.52. The van der Waals surface area contributed by atoms with Gasteiger partial charge in [-0.2, -0.15) is 0 Å². The highest BCUT2D eigenvalue weighted by molar-refractivity contribution is 6.31. The van der Waals surface area contributed by atoms with Crippen LogP contribution in [0.3, 0.4) is 0 Å². The second kappa shape index (κ2) is 6.61. The lowest BCUT2D eigenvalue weighted by Crippen LogP contribution is -2.14. The van der Waals surface area contributed by atoms with E-state index in [1.807, 2.05) is 0 Å². The van der Waals surface area contributed by atoms with Gasteiger partial charge in [-0.15, -0.1) is 0 Å². The highest BCUT2D eigenvalue weighted by atomic mass is 35.5. The first kappa shape index (κ1) is 15.4. The number of halogens is 2. The summed E-state index contributed by atoms with van der Waals surface area (Å²) in [5, 5.41) is 3.54. The van der Waals surface area contributed by atoms with Crippen molar-refractivity contribution in [3.05, 3.63) is 58.1 Å². The fraction of sp³-hybridized carbons (Fsp3) is 0.0667. The maximum Gasteiger partial charge on any atom is 0.308 e. The van der Waals surface area contributed by atoms with Gasteiger partial charge in [-0.1, -0.05) is 29.3 Å². The normalized spacial score (nSPS) is 10.0. The molecule has 1 N–H and O–H groups in total. The Morgan fingerprint density at radius 2 is 1.76 bits per heavy atom. The van der Waals surface area contributed by atoms with E-state index in [2.05, 4.69) is 5.32 Å². The Bertz CT molecular complexity index is 701. The molecule has 0 aliphatic carbocycles. The molecular formula is C15H11Cl2NO3. The van der Waals surface area contributed by atoms with Gasteiger partial charge in [0.1, 0.15) is 5.75 Å². The molecule has 4 nitrogen and oxygen atoms in total. The van der Waals surface area contributed by atoms with E-state index in [0.717, 1.165) is 0 Å². The SMILES string of the molecule is CC(=O)Oc1cc(Cl)ccc1C(=O)Nc1cccc(Cl)c1. The Kier molecular flexibility index (Phi) is 4.83. The lowest BCUT2D eigenvalue weighted by atomic mass is 10.2. The summed E-state index contributed by atoms with van der Waals surface area (Å²) < 4.78 is 5.00.